The Bertz CT molecular complexity index is 385. The molecule has 0 aromatic rings. The maximum absolute atomic E-state index is 12.3. The molecule has 1 aliphatic carbocycles. The second-order valence-electron chi connectivity index (χ2n) is 5.67. The van der Waals surface area contributed by atoms with Crippen molar-refractivity contribution in [3.05, 3.63) is 12.7 Å². The number of rotatable bonds is 5. The molecule has 6 nitrogen and oxygen atoms in total. The van der Waals surface area contributed by atoms with Gasteiger partial charge in [-0.05, 0) is 19.3 Å². The molecule has 1 saturated heterocycles. The van der Waals surface area contributed by atoms with Gasteiger partial charge in [-0.3, -0.25) is 14.5 Å². The van der Waals surface area contributed by atoms with Gasteiger partial charge >= 0.3 is 0 Å². The molecule has 6 heteroatoms. The van der Waals surface area contributed by atoms with Crippen molar-refractivity contribution in [3.63, 3.8) is 0 Å². The van der Waals surface area contributed by atoms with Gasteiger partial charge < -0.3 is 16.0 Å². The highest BCUT2D eigenvalue weighted by atomic mass is 16.2. The van der Waals surface area contributed by atoms with E-state index in [1.807, 2.05) is 4.90 Å². The molecular formula is C14H24N4O2. The first-order valence-electron chi connectivity index (χ1n) is 7.23. The Morgan fingerprint density at radius 1 is 1.25 bits per heavy atom. The van der Waals surface area contributed by atoms with Crippen LogP contribution in [0.15, 0.2) is 12.7 Å². The average molecular weight is 280 g/mol. The molecule has 0 bridgehead atoms. The maximum atomic E-state index is 12.3. The second kappa shape index (κ2) is 6.37. The first kappa shape index (κ1) is 15.0. The molecule has 112 valence electrons. The smallest absolute Gasteiger partial charge is 0.242 e. The van der Waals surface area contributed by atoms with Gasteiger partial charge in [0.05, 0.1) is 12.1 Å². The minimum atomic E-state index is -0.608. The Hall–Kier alpha value is -1.40. The van der Waals surface area contributed by atoms with E-state index in [9.17, 15) is 9.59 Å². The summed E-state index contributed by atoms with van der Waals surface area (Å²) in [7, 11) is 0. The van der Waals surface area contributed by atoms with Gasteiger partial charge in [-0.25, -0.2) is 0 Å². The number of hydrogen-bond donors (Lipinski definition) is 2. The van der Waals surface area contributed by atoms with Gasteiger partial charge in [0.15, 0.2) is 0 Å². The molecule has 0 radical (unpaired) electrons. The summed E-state index contributed by atoms with van der Waals surface area (Å²) in [4.78, 5) is 27.8. The summed E-state index contributed by atoms with van der Waals surface area (Å²) >= 11 is 0. The van der Waals surface area contributed by atoms with Crippen LogP contribution in [0.2, 0.25) is 0 Å². The fourth-order valence-electron chi connectivity index (χ4n) is 2.64. The van der Waals surface area contributed by atoms with Crippen molar-refractivity contribution in [2.75, 3.05) is 39.3 Å². The van der Waals surface area contributed by atoms with Crippen molar-refractivity contribution in [3.8, 4) is 0 Å². The van der Waals surface area contributed by atoms with Crippen molar-refractivity contribution >= 4 is 11.8 Å². The lowest BCUT2D eigenvalue weighted by Gasteiger charge is -2.43. The van der Waals surface area contributed by atoms with E-state index >= 15 is 0 Å². The van der Waals surface area contributed by atoms with E-state index in [1.54, 1.807) is 6.08 Å². The molecule has 2 amide bonds. The molecule has 1 heterocycles. The molecular weight excluding hydrogens is 256 g/mol. The van der Waals surface area contributed by atoms with Crippen LogP contribution < -0.4 is 11.1 Å². The largest absolute Gasteiger partial charge is 0.352 e. The summed E-state index contributed by atoms with van der Waals surface area (Å²) < 4.78 is 0. The zero-order valence-corrected chi connectivity index (χ0v) is 11.9. The molecule has 2 aliphatic rings. The lowest BCUT2D eigenvalue weighted by atomic mass is 9.76. The topological polar surface area (TPSA) is 78.7 Å². The van der Waals surface area contributed by atoms with Crippen LogP contribution in [0.1, 0.15) is 19.3 Å². The summed E-state index contributed by atoms with van der Waals surface area (Å²) in [5, 5.41) is 2.76. The van der Waals surface area contributed by atoms with E-state index in [2.05, 4.69) is 16.8 Å². The van der Waals surface area contributed by atoms with Crippen molar-refractivity contribution in [2.45, 2.75) is 24.8 Å². The number of amides is 2. The number of nitrogens with one attached hydrogen (secondary N) is 1. The van der Waals surface area contributed by atoms with Crippen molar-refractivity contribution in [1.82, 2.24) is 15.1 Å². The first-order chi connectivity index (χ1) is 9.55. The van der Waals surface area contributed by atoms with E-state index in [-0.39, 0.29) is 11.8 Å². The van der Waals surface area contributed by atoms with E-state index in [0.717, 1.165) is 32.4 Å². The summed E-state index contributed by atoms with van der Waals surface area (Å²) in [5.41, 5.74) is 5.46. The molecule has 0 aromatic heterocycles. The predicted octanol–water partition coefficient (Wildman–Crippen LogP) is -0.686. The van der Waals surface area contributed by atoms with E-state index in [4.69, 9.17) is 5.73 Å². The quantitative estimate of drug-likeness (QED) is 0.654. The SMILES string of the molecule is C=CCNC(=O)CN1CCN(C(=O)C2(N)CCC2)CC1. The van der Waals surface area contributed by atoms with Crippen molar-refractivity contribution < 1.29 is 9.59 Å². The average Bonchev–Trinajstić information content (AvgIpc) is 2.42. The lowest BCUT2D eigenvalue weighted by Crippen LogP contribution is -2.62. The molecule has 2 fully saturated rings. The van der Waals surface area contributed by atoms with Crippen LogP contribution >= 0.6 is 0 Å². The van der Waals surface area contributed by atoms with Gasteiger partial charge in [-0.2, -0.15) is 0 Å². The Morgan fingerprint density at radius 2 is 1.90 bits per heavy atom. The summed E-state index contributed by atoms with van der Waals surface area (Å²) in [6.45, 7) is 7.20. The van der Waals surface area contributed by atoms with Crippen LogP contribution in [0, 0.1) is 0 Å². The van der Waals surface area contributed by atoms with Crippen molar-refractivity contribution in [1.29, 1.82) is 0 Å². The van der Waals surface area contributed by atoms with E-state index in [1.165, 1.54) is 0 Å². The molecule has 0 spiro atoms. The third-order valence-corrected chi connectivity index (χ3v) is 4.14. The van der Waals surface area contributed by atoms with E-state index in [0.29, 0.717) is 26.2 Å². The fraction of sp³-hybridized carbons (Fsp3) is 0.714. The van der Waals surface area contributed by atoms with Crippen LogP contribution in [-0.2, 0) is 9.59 Å². The Balaban J connectivity index is 1.73. The van der Waals surface area contributed by atoms with E-state index < -0.39 is 5.54 Å². The minimum Gasteiger partial charge on any atom is -0.352 e. The van der Waals surface area contributed by atoms with Crippen LogP contribution in [0.3, 0.4) is 0 Å². The Kier molecular flexibility index (Phi) is 4.77. The standard InChI is InChI=1S/C14H24N4O2/c1-2-6-16-12(19)11-17-7-9-18(10-8-17)13(20)14(15)4-3-5-14/h2H,1,3-11,15H2,(H,16,19). The molecule has 2 rings (SSSR count). The highest BCUT2D eigenvalue weighted by Gasteiger charge is 2.43. The zero-order chi connectivity index (χ0) is 14.6. The molecule has 3 N–H and O–H groups in total. The third-order valence-electron chi connectivity index (χ3n) is 4.14. The minimum absolute atomic E-state index is 0.000959. The zero-order valence-electron chi connectivity index (χ0n) is 11.9. The Morgan fingerprint density at radius 3 is 2.40 bits per heavy atom. The van der Waals surface area contributed by atoms with Gasteiger partial charge in [0.1, 0.15) is 0 Å². The van der Waals surface area contributed by atoms with Gasteiger partial charge in [-0.15, -0.1) is 6.58 Å². The van der Waals surface area contributed by atoms with Crippen LogP contribution in [-0.4, -0.2) is 66.4 Å². The van der Waals surface area contributed by atoms with Gasteiger partial charge in [0.2, 0.25) is 11.8 Å². The number of nitrogens with two attached hydrogens (primary N) is 1. The predicted molar refractivity (Wildman–Crippen MR) is 77.0 cm³/mol. The fourth-order valence-corrected chi connectivity index (χ4v) is 2.64. The first-order valence-corrected chi connectivity index (χ1v) is 7.23. The van der Waals surface area contributed by atoms with Crippen molar-refractivity contribution in [2.24, 2.45) is 5.73 Å². The lowest BCUT2D eigenvalue weighted by molar-refractivity contribution is -0.142. The van der Waals surface area contributed by atoms with Gasteiger partial charge in [0, 0.05) is 32.7 Å². The summed E-state index contributed by atoms with van der Waals surface area (Å²) in [5.74, 6) is 0.0819. The number of carbonyl (C=O) groups excluding carboxylic acids is 2. The Labute approximate surface area is 120 Å². The van der Waals surface area contributed by atoms with Crippen LogP contribution in [0.4, 0.5) is 0 Å². The third kappa shape index (κ3) is 3.37. The van der Waals surface area contributed by atoms with Crippen LogP contribution in [0.25, 0.3) is 0 Å². The number of nitrogens with zero attached hydrogens (tertiary/aromatic N) is 2. The monoisotopic (exact) mass is 280 g/mol. The second-order valence-corrected chi connectivity index (χ2v) is 5.67. The number of hydrogen-bond acceptors (Lipinski definition) is 4. The molecule has 0 unspecified atom stereocenters. The summed E-state index contributed by atoms with van der Waals surface area (Å²) in [6, 6.07) is 0. The number of piperazine rings is 1. The molecule has 20 heavy (non-hydrogen) atoms. The van der Waals surface area contributed by atoms with Crippen LogP contribution in [0.5, 0.6) is 0 Å². The van der Waals surface area contributed by atoms with Gasteiger partial charge in [0.25, 0.3) is 0 Å². The molecule has 1 aliphatic heterocycles. The maximum Gasteiger partial charge on any atom is 0.242 e. The normalized spacial score (nSPS) is 21.9. The molecule has 1 saturated carbocycles. The highest BCUT2D eigenvalue weighted by molar-refractivity contribution is 5.87. The molecule has 0 aromatic carbocycles. The highest BCUT2D eigenvalue weighted by Crippen LogP contribution is 2.31. The van der Waals surface area contributed by atoms with Gasteiger partial charge in [-0.1, -0.05) is 6.08 Å². The summed E-state index contributed by atoms with van der Waals surface area (Å²) in [6.07, 6.45) is 4.31. The molecule has 0 atom stereocenters. The number of carbonyl (C=O) groups is 2.